The van der Waals surface area contributed by atoms with Gasteiger partial charge in [-0.1, -0.05) is 25.1 Å². The number of benzene rings is 2. The topological polar surface area (TPSA) is 55.6 Å². The lowest BCUT2D eigenvalue weighted by Gasteiger charge is -2.34. The van der Waals surface area contributed by atoms with E-state index in [9.17, 15) is 13.6 Å². The summed E-state index contributed by atoms with van der Waals surface area (Å²) in [5.41, 5.74) is 2.82. The lowest BCUT2D eigenvalue weighted by molar-refractivity contribution is -0.193. The van der Waals surface area contributed by atoms with Gasteiger partial charge >= 0.3 is 12.0 Å². The summed E-state index contributed by atoms with van der Waals surface area (Å²) in [6.07, 6.45) is -2.06. The number of aryl methyl sites for hydroxylation is 1. The molecule has 0 bridgehead atoms. The molecule has 5 nitrogen and oxygen atoms in total. The average molecular weight is 344 g/mol. The third kappa shape index (κ3) is 2.52. The molecule has 7 heteroatoms. The summed E-state index contributed by atoms with van der Waals surface area (Å²) in [5.74, 6) is -1.33. The number of carbonyl (C=O) groups excluding carboxylic acids is 1. The summed E-state index contributed by atoms with van der Waals surface area (Å²) in [7, 11) is 0. The largest absolute Gasteiger partial charge is 0.483 e. The number of fused-ring (bicyclic) bond motifs is 2. The van der Waals surface area contributed by atoms with E-state index in [4.69, 9.17) is 9.15 Å². The van der Waals surface area contributed by atoms with Crippen LogP contribution in [0.25, 0.3) is 11.1 Å². The van der Waals surface area contributed by atoms with Crippen LogP contribution in [-0.2, 0) is 17.8 Å². The van der Waals surface area contributed by atoms with E-state index in [1.807, 2.05) is 6.92 Å². The number of amides is 1. The van der Waals surface area contributed by atoms with Gasteiger partial charge in [0.05, 0.1) is 12.2 Å². The molecule has 1 aliphatic heterocycles. The number of halogens is 2. The Labute approximate surface area is 141 Å². The highest BCUT2D eigenvalue weighted by Crippen LogP contribution is 2.42. The monoisotopic (exact) mass is 344 g/mol. The van der Waals surface area contributed by atoms with Crippen molar-refractivity contribution in [3.63, 3.8) is 0 Å². The van der Waals surface area contributed by atoms with Crippen molar-refractivity contribution in [1.29, 1.82) is 0 Å². The molecule has 0 saturated carbocycles. The van der Waals surface area contributed by atoms with Crippen LogP contribution in [0.15, 0.2) is 47.2 Å². The van der Waals surface area contributed by atoms with Gasteiger partial charge in [-0.25, -0.2) is 4.98 Å². The summed E-state index contributed by atoms with van der Waals surface area (Å²) >= 11 is 0. The molecule has 1 aromatic heterocycles. The molecule has 3 aromatic rings. The first-order valence-corrected chi connectivity index (χ1v) is 7.82. The number of carbonyl (C=O) groups is 1. The molecule has 0 aliphatic carbocycles. The summed E-state index contributed by atoms with van der Waals surface area (Å²) in [5, 5.41) is 0. The first-order chi connectivity index (χ1) is 12.0. The molecule has 0 saturated heterocycles. The van der Waals surface area contributed by atoms with Gasteiger partial charge in [0.1, 0.15) is 5.52 Å². The molecule has 0 fully saturated rings. The number of aromatic nitrogens is 1. The van der Waals surface area contributed by atoms with Crippen molar-refractivity contribution < 1.29 is 22.7 Å². The Morgan fingerprint density at radius 2 is 2.08 bits per heavy atom. The summed E-state index contributed by atoms with van der Waals surface area (Å²) in [4.78, 5) is 17.3. The van der Waals surface area contributed by atoms with Gasteiger partial charge in [-0.15, -0.1) is 0 Å². The van der Waals surface area contributed by atoms with E-state index in [-0.39, 0.29) is 12.3 Å². The van der Waals surface area contributed by atoms with Crippen LogP contribution in [-0.4, -0.2) is 17.0 Å². The van der Waals surface area contributed by atoms with Gasteiger partial charge in [0, 0.05) is 0 Å². The molecule has 1 amide bonds. The van der Waals surface area contributed by atoms with Crippen LogP contribution in [0.5, 0.6) is 5.75 Å². The third-order valence-electron chi connectivity index (χ3n) is 4.21. The molecule has 0 radical (unpaired) electrons. The van der Waals surface area contributed by atoms with Crippen molar-refractivity contribution in [1.82, 2.24) is 4.98 Å². The van der Waals surface area contributed by atoms with Crippen molar-refractivity contribution >= 4 is 22.7 Å². The predicted octanol–water partition coefficient (Wildman–Crippen LogP) is 3.91. The molecule has 0 N–H and O–H groups in total. The van der Waals surface area contributed by atoms with Gasteiger partial charge in [0.15, 0.2) is 17.7 Å². The van der Waals surface area contributed by atoms with Crippen LogP contribution in [0.4, 0.5) is 14.5 Å². The van der Waals surface area contributed by atoms with Gasteiger partial charge < -0.3 is 9.15 Å². The van der Waals surface area contributed by atoms with Crippen molar-refractivity contribution in [3.8, 4) is 5.75 Å². The maximum atomic E-state index is 14.1. The number of rotatable bonds is 3. The normalized spacial score (nSPS) is 16.0. The summed E-state index contributed by atoms with van der Waals surface area (Å²) in [6, 6.07) is 10.2. The number of ether oxygens (including phenoxy) is 1. The zero-order chi connectivity index (χ0) is 17.6. The molecule has 2 heterocycles. The second-order valence-electron chi connectivity index (χ2n) is 5.78. The molecular formula is C18H14F2N2O3. The van der Waals surface area contributed by atoms with Gasteiger partial charge in [0.2, 0.25) is 0 Å². The van der Waals surface area contributed by atoms with Crippen LogP contribution in [0.3, 0.4) is 0 Å². The smallest absolute Gasteiger partial charge is 0.443 e. The van der Waals surface area contributed by atoms with Gasteiger partial charge in [-0.2, -0.15) is 8.78 Å². The highest BCUT2D eigenvalue weighted by Gasteiger charge is 2.51. The van der Waals surface area contributed by atoms with Crippen LogP contribution < -0.4 is 9.64 Å². The second-order valence-corrected chi connectivity index (χ2v) is 5.78. The SMILES string of the molecule is CCc1cccc2c1OC(F)(F)C(=O)N2Cc1ccc2ncoc2c1. The summed E-state index contributed by atoms with van der Waals surface area (Å²) in [6.45, 7) is 1.82. The van der Waals surface area contributed by atoms with Gasteiger partial charge in [-0.05, 0) is 35.7 Å². The summed E-state index contributed by atoms with van der Waals surface area (Å²) < 4.78 is 38.2. The number of nitrogens with zero attached hydrogens (tertiary/aromatic N) is 2. The fraction of sp³-hybridized carbons (Fsp3) is 0.222. The number of para-hydroxylation sites is 1. The Morgan fingerprint density at radius 3 is 2.88 bits per heavy atom. The fourth-order valence-corrected chi connectivity index (χ4v) is 2.96. The third-order valence-corrected chi connectivity index (χ3v) is 4.21. The Balaban J connectivity index is 1.78. The fourth-order valence-electron chi connectivity index (χ4n) is 2.96. The van der Waals surface area contributed by atoms with E-state index in [1.54, 1.807) is 36.4 Å². The minimum Gasteiger partial charge on any atom is -0.443 e. The zero-order valence-corrected chi connectivity index (χ0v) is 13.3. The minimum atomic E-state index is -3.89. The molecular weight excluding hydrogens is 330 g/mol. The first-order valence-electron chi connectivity index (χ1n) is 7.82. The highest BCUT2D eigenvalue weighted by molar-refractivity contribution is 6.01. The van der Waals surface area contributed by atoms with Crippen LogP contribution in [0, 0.1) is 0 Å². The zero-order valence-electron chi connectivity index (χ0n) is 13.3. The number of alkyl halides is 2. The Morgan fingerprint density at radius 1 is 1.24 bits per heavy atom. The molecule has 2 aromatic carbocycles. The minimum absolute atomic E-state index is 0.0193. The Bertz CT molecular complexity index is 968. The van der Waals surface area contributed by atoms with E-state index in [1.165, 1.54) is 6.39 Å². The number of anilines is 1. The van der Waals surface area contributed by atoms with E-state index >= 15 is 0 Å². The molecule has 0 unspecified atom stereocenters. The van der Waals surface area contributed by atoms with Crippen molar-refractivity contribution in [3.05, 3.63) is 53.9 Å². The molecule has 128 valence electrons. The molecule has 1 aliphatic rings. The predicted molar refractivity (Wildman–Crippen MR) is 86.6 cm³/mol. The van der Waals surface area contributed by atoms with Crippen molar-refractivity contribution in [2.24, 2.45) is 0 Å². The van der Waals surface area contributed by atoms with Crippen molar-refractivity contribution in [2.45, 2.75) is 26.0 Å². The molecule has 0 atom stereocenters. The Kier molecular flexibility index (Phi) is 3.45. The van der Waals surface area contributed by atoms with Gasteiger partial charge in [0.25, 0.3) is 0 Å². The number of hydrogen-bond donors (Lipinski definition) is 0. The lowest BCUT2D eigenvalue weighted by Crippen LogP contribution is -2.50. The number of oxazole rings is 1. The molecule has 0 spiro atoms. The van der Waals surface area contributed by atoms with E-state index in [0.717, 1.165) is 4.90 Å². The van der Waals surface area contributed by atoms with Crippen molar-refractivity contribution in [2.75, 3.05) is 4.90 Å². The van der Waals surface area contributed by atoms with Crippen LogP contribution >= 0.6 is 0 Å². The van der Waals surface area contributed by atoms with Crippen LogP contribution in [0.2, 0.25) is 0 Å². The van der Waals surface area contributed by atoms with E-state index in [2.05, 4.69) is 4.98 Å². The average Bonchev–Trinajstić information content (AvgIpc) is 3.06. The lowest BCUT2D eigenvalue weighted by atomic mass is 10.1. The van der Waals surface area contributed by atoms with E-state index in [0.29, 0.717) is 34.3 Å². The molecule has 4 rings (SSSR count). The van der Waals surface area contributed by atoms with Gasteiger partial charge in [-0.3, -0.25) is 9.69 Å². The standard InChI is InChI=1S/C18H14F2N2O3/c1-2-12-4-3-5-14-16(12)25-18(19,20)17(23)22(14)9-11-6-7-13-15(8-11)24-10-21-13/h3-8,10H,2,9H2,1H3. The Hall–Kier alpha value is -2.96. The first kappa shape index (κ1) is 15.6. The number of hydrogen-bond acceptors (Lipinski definition) is 4. The molecule has 25 heavy (non-hydrogen) atoms. The van der Waals surface area contributed by atoms with E-state index < -0.39 is 12.0 Å². The second kappa shape index (κ2) is 5.54. The highest BCUT2D eigenvalue weighted by atomic mass is 19.3. The maximum Gasteiger partial charge on any atom is 0.483 e. The quantitative estimate of drug-likeness (QED) is 0.723. The maximum absolute atomic E-state index is 14.1. The van der Waals surface area contributed by atoms with Crippen LogP contribution in [0.1, 0.15) is 18.1 Å².